The number of dihydropyridines is 1. The van der Waals surface area contributed by atoms with Gasteiger partial charge in [-0.05, 0) is 68.6 Å². The SMILES string of the molecule is CN1CCN(C)C(C2C=CC(Nc3cc(-c4ccc(F)c(NC(=O)c5cc6c(s5)CCCC6)c4F)nn(C)c3=O)=NC2)C1=O. The Balaban J connectivity index is 1.23. The number of benzene rings is 1. The monoisotopic (exact) mass is 621 g/mol. The first-order chi connectivity index (χ1) is 21.1. The van der Waals surface area contributed by atoms with E-state index in [4.69, 9.17) is 0 Å². The van der Waals surface area contributed by atoms with Gasteiger partial charge in [-0.1, -0.05) is 6.08 Å². The number of aromatic nitrogens is 2. The summed E-state index contributed by atoms with van der Waals surface area (Å²) in [6, 6.07) is 5.13. The molecule has 2 aliphatic heterocycles. The van der Waals surface area contributed by atoms with Gasteiger partial charge in [-0.2, -0.15) is 5.10 Å². The number of carbonyl (C=O) groups is 2. The normalized spacial score (nSPS) is 20.3. The number of carbonyl (C=O) groups excluding carboxylic acids is 2. The van der Waals surface area contributed by atoms with Gasteiger partial charge in [0, 0.05) is 50.1 Å². The number of amidine groups is 1. The van der Waals surface area contributed by atoms with E-state index in [-0.39, 0.29) is 34.8 Å². The Morgan fingerprint density at radius 3 is 2.61 bits per heavy atom. The van der Waals surface area contributed by atoms with Gasteiger partial charge in [0.15, 0.2) is 5.82 Å². The first-order valence-electron chi connectivity index (χ1n) is 14.5. The number of aliphatic imine (C=N–C) groups is 1. The molecule has 1 saturated heterocycles. The van der Waals surface area contributed by atoms with Gasteiger partial charge in [0.1, 0.15) is 23.0 Å². The molecule has 3 aromatic rings. The number of aryl methyl sites for hydroxylation is 3. The summed E-state index contributed by atoms with van der Waals surface area (Å²) < 4.78 is 31.7. The Bertz CT molecular complexity index is 1740. The van der Waals surface area contributed by atoms with Gasteiger partial charge < -0.3 is 15.5 Å². The lowest BCUT2D eigenvalue weighted by Gasteiger charge is -2.40. The highest BCUT2D eigenvalue weighted by atomic mass is 32.1. The first-order valence-corrected chi connectivity index (χ1v) is 15.4. The van der Waals surface area contributed by atoms with Crippen molar-refractivity contribution < 1.29 is 18.4 Å². The van der Waals surface area contributed by atoms with Gasteiger partial charge in [0.2, 0.25) is 5.91 Å². The Morgan fingerprint density at radius 2 is 1.86 bits per heavy atom. The standard InChI is InChI=1S/C31H33F2N7O3S/c1-38-12-13-39(2)31(43)28(38)18-8-11-25(34-16-18)35-22-15-21(37-40(3)30(22)42)19-9-10-20(32)27(26(19)33)36-29(41)24-14-17-6-4-5-7-23(17)44-24/h8-11,14-15,18,28H,4-7,12-13,16H2,1-3H3,(H,34,35)(H,36,41). The maximum atomic E-state index is 15.8. The Hall–Kier alpha value is -4.23. The molecule has 0 radical (unpaired) electrons. The van der Waals surface area contributed by atoms with E-state index >= 15 is 4.39 Å². The number of halogens is 2. The van der Waals surface area contributed by atoms with E-state index in [0.29, 0.717) is 23.8 Å². The number of rotatable bonds is 5. The maximum Gasteiger partial charge on any atom is 0.290 e. The third kappa shape index (κ3) is 5.69. The molecular formula is C31H33F2N7O3S. The second-order valence-corrected chi connectivity index (χ2v) is 12.6. The van der Waals surface area contributed by atoms with Crippen molar-refractivity contribution in [2.45, 2.75) is 31.7 Å². The number of nitrogens with zero attached hydrogens (tertiary/aromatic N) is 5. The molecule has 6 rings (SSSR count). The van der Waals surface area contributed by atoms with Crippen molar-refractivity contribution in [3.8, 4) is 11.3 Å². The first kappa shape index (κ1) is 29.8. The molecule has 13 heteroatoms. The molecule has 0 saturated carbocycles. The quantitative estimate of drug-likeness (QED) is 0.450. The largest absolute Gasteiger partial charge is 0.343 e. The number of anilines is 2. The minimum absolute atomic E-state index is 0.0408. The molecule has 1 fully saturated rings. The molecule has 2 aromatic heterocycles. The summed E-state index contributed by atoms with van der Waals surface area (Å²) in [5.41, 5.74) is 0.116. The van der Waals surface area contributed by atoms with Crippen LogP contribution in [0.4, 0.5) is 20.2 Å². The summed E-state index contributed by atoms with van der Waals surface area (Å²) in [6.45, 7) is 1.78. The van der Waals surface area contributed by atoms with E-state index in [9.17, 15) is 18.8 Å². The molecule has 0 spiro atoms. The van der Waals surface area contributed by atoms with Crippen molar-refractivity contribution in [3.05, 3.63) is 73.7 Å². The maximum absolute atomic E-state index is 15.8. The second kappa shape index (κ2) is 12.0. The fourth-order valence-corrected chi connectivity index (χ4v) is 7.06. The molecule has 2 atom stereocenters. The molecule has 3 aliphatic rings. The average Bonchev–Trinajstić information content (AvgIpc) is 3.45. The van der Waals surface area contributed by atoms with Crippen LogP contribution < -0.4 is 16.2 Å². The van der Waals surface area contributed by atoms with Crippen LogP contribution in [-0.2, 0) is 24.7 Å². The van der Waals surface area contributed by atoms with E-state index in [2.05, 4.69) is 20.7 Å². The van der Waals surface area contributed by atoms with Gasteiger partial charge in [0.25, 0.3) is 11.5 Å². The van der Waals surface area contributed by atoms with E-state index in [1.165, 1.54) is 30.5 Å². The Kier molecular flexibility index (Phi) is 8.16. The molecule has 4 heterocycles. The molecule has 1 aliphatic carbocycles. The van der Waals surface area contributed by atoms with E-state index < -0.39 is 28.8 Å². The molecule has 44 heavy (non-hydrogen) atoms. The summed E-state index contributed by atoms with van der Waals surface area (Å²) >= 11 is 1.35. The summed E-state index contributed by atoms with van der Waals surface area (Å²) in [7, 11) is 5.14. The van der Waals surface area contributed by atoms with Gasteiger partial charge in [0.05, 0.1) is 16.6 Å². The number of piperazine rings is 1. The Morgan fingerprint density at radius 1 is 1.07 bits per heavy atom. The predicted molar refractivity (Wildman–Crippen MR) is 166 cm³/mol. The van der Waals surface area contributed by atoms with Gasteiger partial charge in [-0.25, -0.2) is 13.5 Å². The average molecular weight is 622 g/mol. The third-order valence-corrected chi connectivity index (χ3v) is 9.66. The van der Waals surface area contributed by atoms with Crippen LogP contribution in [0.2, 0.25) is 0 Å². The smallest absolute Gasteiger partial charge is 0.290 e. The van der Waals surface area contributed by atoms with E-state index in [1.807, 2.05) is 18.0 Å². The van der Waals surface area contributed by atoms with Crippen molar-refractivity contribution in [3.63, 3.8) is 0 Å². The number of nitrogens with one attached hydrogen (secondary N) is 2. The topological polar surface area (TPSA) is 112 Å². The fourth-order valence-electron chi connectivity index (χ4n) is 5.91. The number of thiophene rings is 1. The van der Waals surface area contributed by atoms with Crippen LogP contribution >= 0.6 is 11.3 Å². The van der Waals surface area contributed by atoms with Crippen molar-refractivity contribution in [1.29, 1.82) is 0 Å². The molecule has 2 amide bonds. The molecule has 230 valence electrons. The van der Waals surface area contributed by atoms with Crippen molar-refractivity contribution >= 4 is 40.4 Å². The Labute approximate surface area is 257 Å². The summed E-state index contributed by atoms with van der Waals surface area (Å²) in [5, 5.41) is 9.60. The number of amides is 2. The van der Waals surface area contributed by atoms with Crippen LogP contribution in [-0.4, -0.2) is 77.0 Å². The number of fused-ring (bicyclic) bond motifs is 1. The minimum Gasteiger partial charge on any atom is -0.343 e. The molecule has 0 bridgehead atoms. The van der Waals surface area contributed by atoms with E-state index in [1.54, 1.807) is 24.1 Å². The van der Waals surface area contributed by atoms with Gasteiger partial charge >= 0.3 is 0 Å². The lowest BCUT2D eigenvalue weighted by molar-refractivity contribution is -0.140. The van der Waals surface area contributed by atoms with Gasteiger partial charge in [-0.15, -0.1) is 11.3 Å². The highest BCUT2D eigenvalue weighted by Gasteiger charge is 2.36. The van der Waals surface area contributed by atoms with Crippen LogP contribution in [0.1, 0.15) is 33.0 Å². The lowest BCUT2D eigenvalue weighted by Crippen LogP contribution is -2.57. The zero-order chi connectivity index (χ0) is 31.1. The van der Waals surface area contributed by atoms with Crippen molar-refractivity contribution in [2.24, 2.45) is 18.0 Å². The molecule has 1 aromatic carbocycles. The predicted octanol–water partition coefficient (Wildman–Crippen LogP) is 3.69. The van der Waals surface area contributed by atoms with E-state index in [0.717, 1.165) is 53.4 Å². The van der Waals surface area contributed by atoms with Crippen LogP contribution in [0.15, 0.2) is 46.2 Å². The molecule has 2 N–H and O–H groups in total. The summed E-state index contributed by atoms with van der Waals surface area (Å²) in [6.07, 6.45) is 7.53. The van der Waals surface area contributed by atoms with Crippen LogP contribution in [0.3, 0.4) is 0 Å². The fraction of sp³-hybridized carbons (Fsp3) is 0.387. The highest BCUT2D eigenvalue weighted by molar-refractivity contribution is 7.14. The van der Waals surface area contributed by atoms with Crippen molar-refractivity contribution in [1.82, 2.24) is 19.6 Å². The molecule has 2 unspecified atom stereocenters. The lowest BCUT2D eigenvalue weighted by atomic mass is 9.93. The van der Waals surface area contributed by atoms with Crippen LogP contribution in [0.5, 0.6) is 0 Å². The zero-order valence-electron chi connectivity index (χ0n) is 24.7. The number of likely N-dealkylation sites (N-methyl/N-ethyl adjacent to an activating group) is 2. The second-order valence-electron chi connectivity index (χ2n) is 11.4. The summed E-state index contributed by atoms with van der Waals surface area (Å²) in [5.74, 6) is -2.18. The zero-order valence-corrected chi connectivity index (χ0v) is 25.5. The third-order valence-electron chi connectivity index (χ3n) is 8.42. The minimum atomic E-state index is -0.999. The molecular weight excluding hydrogens is 588 g/mol. The highest BCUT2D eigenvalue weighted by Crippen LogP contribution is 2.33. The van der Waals surface area contributed by atoms with Crippen LogP contribution in [0.25, 0.3) is 11.3 Å². The van der Waals surface area contributed by atoms with Crippen LogP contribution in [0, 0.1) is 17.6 Å². The number of hydrogen-bond donors (Lipinski definition) is 2. The molecule has 10 nitrogen and oxygen atoms in total. The number of hydrogen-bond acceptors (Lipinski definition) is 8. The summed E-state index contributed by atoms with van der Waals surface area (Å²) in [4.78, 5) is 48.5. The van der Waals surface area contributed by atoms with Gasteiger partial charge in [-0.3, -0.25) is 24.3 Å². The van der Waals surface area contributed by atoms with Crippen molar-refractivity contribution in [2.75, 3.05) is 44.4 Å².